The topological polar surface area (TPSA) is 53.0 Å². The van der Waals surface area contributed by atoms with Crippen molar-refractivity contribution >= 4 is 16.7 Å². The lowest BCUT2D eigenvalue weighted by Gasteiger charge is -2.60. The fourth-order valence-corrected chi connectivity index (χ4v) is 7.21. The summed E-state index contributed by atoms with van der Waals surface area (Å²) in [5.74, 6) is 1.20. The van der Waals surface area contributed by atoms with E-state index in [0.29, 0.717) is 5.75 Å². The van der Waals surface area contributed by atoms with E-state index in [9.17, 15) is 9.90 Å². The molecule has 2 saturated carbocycles. The number of hydrogen-bond acceptors (Lipinski definition) is 4. The van der Waals surface area contributed by atoms with Gasteiger partial charge in [-0.15, -0.1) is 0 Å². The molecule has 3 atom stereocenters. The number of rotatable bonds is 6. The Labute approximate surface area is 220 Å². The Morgan fingerprint density at radius 3 is 2.59 bits per heavy atom. The third kappa shape index (κ3) is 4.32. The quantitative estimate of drug-likeness (QED) is 0.480. The Morgan fingerprint density at radius 2 is 1.84 bits per heavy atom. The first-order valence-corrected chi connectivity index (χ1v) is 13.8. The van der Waals surface area contributed by atoms with Gasteiger partial charge in [0.2, 0.25) is 0 Å². The maximum Gasteiger partial charge on any atom is 0.253 e. The number of nitrogens with zero attached hydrogens (tertiary/aromatic N) is 2. The number of aromatic hydroxyl groups is 1. The number of fused-ring (bicyclic) bond motifs is 2. The van der Waals surface area contributed by atoms with Gasteiger partial charge in [0, 0.05) is 44.3 Å². The highest BCUT2D eigenvalue weighted by Gasteiger charge is 2.59. The van der Waals surface area contributed by atoms with Gasteiger partial charge >= 0.3 is 0 Å². The molecule has 1 heterocycles. The number of piperidine rings is 1. The number of methoxy groups -OCH3 is 1. The van der Waals surface area contributed by atoms with E-state index in [0.717, 1.165) is 73.1 Å². The summed E-state index contributed by atoms with van der Waals surface area (Å²) in [6.07, 6.45) is 6.28. The highest BCUT2D eigenvalue weighted by atomic mass is 16.5. The largest absolute Gasteiger partial charge is 0.508 e. The first-order valence-electron chi connectivity index (χ1n) is 13.8. The molecule has 0 aromatic heterocycles. The van der Waals surface area contributed by atoms with Crippen LogP contribution in [0.1, 0.15) is 54.4 Å². The molecule has 2 aliphatic carbocycles. The molecule has 0 spiro atoms. The number of benzene rings is 3. The molecule has 37 heavy (non-hydrogen) atoms. The zero-order valence-electron chi connectivity index (χ0n) is 22.0. The minimum Gasteiger partial charge on any atom is -0.508 e. The molecule has 5 nitrogen and oxygen atoms in total. The lowest BCUT2D eigenvalue weighted by Crippen LogP contribution is -2.68. The number of likely N-dealkylation sites (tertiary alicyclic amines) is 1. The molecule has 0 unspecified atom stereocenters. The lowest BCUT2D eigenvalue weighted by molar-refractivity contribution is -0.153. The maximum absolute atomic E-state index is 13.7. The van der Waals surface area contributed by atoms with Crippen LogP contribution in [0.25, 0.3) is 10.8 Å². The van der Waals surface area contributed by atoms with E-state index < -0.39 is 0 Å². The summed E-state index contributed by atoms with van der Waals surface area (Å²) in [6, 6.07) is 22.0. The van der Waals surface area contributed by atoms with Crippen molar-refractivity contribution in [1.82, 2.24) is 9.80 Å². The Balaban J connectivity index is 1.32. The molecular formula is C32H38N2O3. The number of carbonyl (C=O) groups is 1. The van der Waals surface area contributed by atoms with E-state index in [1.165, 1.54) is 12.8 Å². The maximum atomic E-state index is 13.7. The average molecular weight is 499 g/mol. The van der Waals surface area contributed by atoms with Crippen molar-refractivity contribution in [3.63, 3.8) is 0 Å². The van der Waals surface area contributed by atoms with E-state index in [-0.39, 0.29) is 23.0 Å². The summed E-state index contributed by atoms with van der Waals surface area (Å²) in [4.78, 5) is 18.3. The van der Waals surface area contributed by atoms with Crippen LogP contribution in [0.4, 0.5) is 0 Å². The van der Waals surface area contributed by atoms with Gasteiger partial charge in [-0.2, -0.15) is 0 Å². The number of phenols is 1. The summed E-state index contributed by atoms with van der Waals surface area (Å²) in [6.45, 7) is 3.09. The van der Waals surface area contributed by atoms with Crippen LogP contribution in [0.15, 0.2) is 66.7 Å². The lowest BCUT2D eigenvalue weighted by atomic mass is 9.55. The zero-order chi connectivity index (χ0) is 25.6. The summed E-state index contributed by atoms with van der Waals surface area (Å²) in [7, 11) is 3.82. The van der Waals surface area contributed by atoms with Gasteiger partial charge in [-0.1, -0.05) is 42.5 Å². The van der Waals surface area contributed by atoms with Crippen molar-refractivity contribution in [2.45, 2.75) is 55.6 Å². The molecule has 3 aliphatic rings. The fraction of sp³-hybridized carbons (Fsp3) is 0.469. The van der Waals surface area contributed by atoms with E-state index >= 15 is 0 Å². The molecule has 1 saturated heterocycles. The van der Waals surface area contributed by atoms with E-state index in [4.69, 9.17) is 4.74 Å². The molecular weight excluding hydrogens is 460 g/mol. The summed E-state index contributed by atoms with van der Waals surface area (Å²) >= 11 is 0. The summed E-state index contributed by atoms with van der Waals surface area (Å²) in [5, 5.41) is 12.7. The molecule has 0 radical (unpaired) electrons. The molecule has 3 aromatic carbocycles. The molecule has 1 N–H and O–H groups in total. The van der Waals surface area contributed by atoms with Crippen molar-refractivity contribution in [1.29, 1.82) is 0 Å². The molecule has 194 valence electrons. The third-order valence-electron chi connectivity index (χ3n) is 9.54. The van der Waals surface area contributed by atoms with Crippen LogP contribution in [0, 0.1) is 5.92 Å². The smallest absolute Gasteiger partial charge is 0.253 e. The highest BCUT2D eigenvalue weighted by molar-refractivity contribution is 5.98. The van der Waals surface area contributed by atoms with Crippen molar-refractivity contribution in [2.24, 2.45) is 5.92 Å². The summed E-state index contributed by atoms with van der Waals surface area (Å²) in [5.41, 5.74) is 1.27. The Hall–Kier alpha value is -2.89. The monoisotopic (exact) mass is 498 g/mol. The van der Waals surface area contributed by atoms with Crippen LogP contribution in [-0.2, 0) is 10.2 Å². The zero-order valence-corrected chi connectivity index (χ0v) is 22.0. The van der Waals surface area contributed by atoms with Gasteiger partial charge in [0.05, 0.1) is 5.60 Å². The third-order valence-corrected chi connectivity index (χ3v) is 9.54. The van der Waals surface area contributed by atoms with Gasteiger partial charge in [-0.05, 0) is 91.6 Å². The van der Waals surface area contributed by atoms with Crippen LogP contribution in [0.5, 0.6) is 5.75 Å². The minimum absolute atomic E-state index is 0.0675. The molecule has 1 aliphatic heterocycles. The van der Waals surface area contributed by atoms with Crippen LogP contribution in [-0.4, -0.2) is 66.2 Å². The van der Waals surface area contributed by atoms with Gasteiger partial charge in [0.15, 0.2) is 0 Å². The number of carbonyl (C=O) groups excluding carboxylic acids is 1. The molecule has 5 heteroatoms. The second-order valence-corrected chi connectivity index (χ2v) is 11.6. The normalized spacial score (nSPS) is 28.1. The van der Waals surface area contributed by atoms with Gasteiger partial charge in [0.25, 0.3) is 5.91 Å². The average Bonchev–Trinajstić information content (AvgIpc) is 3.75. The predicted octanol–water partition coefficient (Wildman–Crippen LogP) is 5.61. The van der Waals surface area contributed by atoms with Gasteiger partial charge in [-0.3, -0.25) is 4.79 Å². The van der Waals surface area contributed by atoms with Crippen LogP contribution < -0.4 is 0 Å². The Morgan fingerprint density at radius 1 is 1.03 bits per heavy atom. The fourth-order valence-electron chi connectivity index (χ4n) is 7.21. The second-order valence-electron chi connectivity index (χ2n) is 11.6. The van der Waals surface area contributed by atoms with Crippen molar-refractivity contribution in [3.05, 3.63) is 77.9 Å². The van der Waals surface area contributed by atoms with Crippen molar-refractivity contribution in [2.75, 3.05) is 33.8 Å². The van der Waals surface area contributed by atoms with E-state index in [2.05, 4.69) is 23.1 Å². The van der Waals surface area contributed by atoms with E-state index in [1.54, 1.807) is 6.07 Å². The summed E-state index contributed by atoms with van der Waals surface area (Å²) < 4.78 is 6.51. The Bertz CT molecular complexity index is 1300. The number of phenolic OH excluding ortho intramolecular Hbond substituents is 1. The molecule has 0 bridgehead atoms. The first kappa shape index (κ1) is 24.4. The molecule has 3 fully saturated rings. The molecule has 3 aromatic rings. The van der Waals surface area contributed by atoms with Gasteiger partial charge in [-0.25, -0.2) is 0 Å². The van der Waals surface area contributed by atoms with Crippen LogP contribution in [0.3, 0.4) is 0 Å². The number of ether oxygens (including phenoxy) is 1. The highest BCUT2D eigenvalue weighted by Crippen LogP contribution is 2.54. The standard InChI is InChI=1S/C32H38N2O3/c1-33(30(36)26-13-12-24-6-3-4-7-25(24)18-26)28-14-15-32(37-2)22-34(21-23-10-11-23)17-16-31(32,20-28)27-8-5-9-29(35)19-27/h3-9,12-13,18-19,23,28,35H,10-11,14-17,20-22H2,1-2H3/t28-,31+,32+/m1/s1. The minimum atomic E-state index is -0.336. The van der Waals surface area contributed by atoms with Crippen LogP contribution in [0.2, 0.25) is 0 Å². The number of hydrogen-bond donors (Lipinski definition) is 1. The van der Waals surface area contributed by atoms with Gasteiger partial charge in [0.1, 0.15) is 5.75 Å². The van der Waals surface area contributed by atoms with E-state index in [1.807, 2.05) is 61.5 Å². The predicted molar refractivity (Wildman–Crippen MR) is 147 cm³/mol. The number of amides is 1. The Kier molecular flexibility index (Phi) is 6.24. The molecule has 1 amide bonds. The first-order chi connectivity index (χ1) is 17.9. The second kappa shape index (κ2) is 9.45. The van der Waals surface area contributed by atoms with Gasteiger partial charge < -0.3 is 19.6 Å². The van der Waals surface area contributed by atoms with Crippen LogP contribution >= 0.6 is 0 Å². The molecule has 6 rings (SSSR count). The van der Waals surface area contributed by atoms with Crippen molar-refractivity contribution < 1.29 is 14.6 Å². The SMILES string of the molecule is CO[C@]12CC[C@@H](N(C)C(=O)c3ccc4ccccc4c3)C[C@]1(c1cccc(O)c1)CCN(CC1CC1)C2. The van der Waals surface area contributed by atoms with Crippen molar-refractivity contribution in [3.8, 4) is 5.75 Å².